The molecule has 0 spiro atoms. The number of carbonyl (C=O) groups excluding carboxylic acids is 1. The number of Topliss-reactive ketones (excluding diaryl/α,β-unsaturated/α-hetero) is 1. The quantitative estimate of drug-likeness (QED) is 0.693. The third-order valence-electron chi connectivity index (χ3n) is 2.70. The Hall–Kier alpha value is -0.930. The SMILES string of the molecule is O=C(CCc1cccc(Br)c1)c1ccc(Br)cc1. The Labute approximate surface area is 123 Å². The van der Waals surface area contributed by atoms with Crippen molar-refractivity contribution in [3.63, 3.8) is 0 Å². The van der Waals surface area contributed by atoms with E-state index in [4.69, 9.17) is 0 Å². The van der Waals surface area contributed by atoms with Crippen LogP contribution >= 0.6 is 31.9 Å². The second-order valence-corrected chi connectivity index (χ2v) is 5.89. The third kappa shape index (κ3) is 3.79. The van der Waals surface area contributed by atoms with Crippen LogP contribution in [0.25, 0.3) is 0 Å². The number of aryl methyl sites for hydroxylation is 1. The van der Waals surface area contributed by atoms with Gasteiger partial charge in [0, 0.05) is 20.9 Å². The monoisotopic (exact) mass is 366 g/mol. The van der Waals surface area contributed by atoms with Crippen molar-refractivity contribution < 1.29 is 4.79 Å². The largest absolute Gasteiger partial charge is 0.294 e. The summed E-state index contributed by atoms with van der Waals surface area (Å²) in [5.74, 6) is 0.183. The summed E-state index contributed by atoms with van der Waals surface area (Å²) in [6.07, 6.45) is 1.31. The lowest BCUT2D eigenvalue weighted by Gasteiger charge is -2.03. The first-order valence-electron chi connectivity index (χ1n) is 5.68. The Balaban J connectivity index is 1.98. The van der Waals surface area contributed by atoms with E-state index in [1.165, 1.54) is 5.56 Å². The minimum absolute atomic E-state index is 0.183. The van der Waals surface area contributed by atoms with E-state index in [1.54, 1.807) is 0 Å². The zero-order valence-electron chi connectivity index (χ0n) is 9.70. The van der Waals surface area contributed by atoms with E-state index in [0.717, 1.165) is 20.9 Å². The zero-order chi connectivity index (χ0) is 13.0. The topological polar surface area (TPSA) is 17.1 Å². The molecular formula is C15H12Br2O. The van der Waals surface area contributed by atoms with Crippen molar-refractivity contribution in [2.45, 2.75) is 12.8 Å². The van der Waals surface area contributed by atoms with Crippen molar-refractivity contribution in [1.29, 1.82) is 0 Å². The minimum Gasteiger partial charge on any atom is -0.294 e. The summed E-state index contributed by atoms with van der Waals surface area (Å²) in [7, 11) is 0. The molecule has 18 heavy (non-hydrogen) atoms. The summed E-state index contributed by atoms with van der Waals surface area (Å²) >= 11 is 6.79. The second-order valence-electron chi connectivity index (χ2n) is 4.06. The normalized spacial score (nSPS) is 10.3. The first-order valence-corrected chi connectivity index (χ1v) is 7.27. The lowest BCUT2D eigenvalue weighted by Crippen LogP contribution is -2.00. The van der Waals surface area contributed by atoms with Crippen molar-refractivity contribution in [1.82, 2.24) is 0 Å². The molecule has 1 nitrogen and oxygen atoms in total. The second kappa shape index (κ2) is 6.30. The van der Waals surface area contributed by atoms with E-state index in [1.807, 2.05) is 42.5 Å². The summed E-state index contributed by atoms with van der Waals surface area (Å²) < 4.78 is 2.04. The minimum atomic E-state index is 0.183. The van der Waals surface area contributed by atoms with Gasteiger partial charge in [-0.15, -0.1) is 0 Å². The van der Waals surface area contributed by atoms with Gasteiger partial charge >= 0.3 is 0 Å². The smallest absolute Gasteiger partial charge is 0.163 e. The molecule has 2 aromatic rings. The molecule has 0 aliphatic rings. The summed E-state index contributed by atoms with van der Waals surface area (Å²) in [5.41, 5.74) is 1.95. The molecule has 0 saturated carbocycles. The van der Waals surface area contributed by atoms with Crippen LogP contribution in [0.15, 0.2) is 57.5 Å². The average molecular weight is 368 g/mol. The molecule has 92 valence electrons. The van der Waals surface area contributed by atoms with E-state index in [-0.39, 0.29) is 5.78 Å². The molecule has 0 amide bonds. The Morgan fingerprint density at radius 3 is 2.33 bits per heavy atom. The van der Waals surface area contributed by atoms with Gasteiger partial charge in [0.25, 0.3) is 0 Å². The first-order chi connectivity index (χ1) is 8.65. The van der Waals surface area contributed by atoms with Crippen molar-refractivity contribution in [3.8, 4) is 0 Å². The number of halogens is 2. The fraction of sp³-hybridized carbons (Fsp3) is 0.133. The molecule has 0 aliphatic carbocycles. The predicted octanol–water partition coefficient (Wildman–Crippen LogP) is 5.03. The van der Waals surface area contributed by atoms with Gasteiger partial charge in [0.2, 0.25) is 0 Å². The lowest BCUT2D eigenvalue weighted by molar-refractivity contribution is 0.0983. The zero-order valence-corrected chi connectivity index (χ0v) is 12.9. The van der Waals surface area contributed by atoms with Crippen LogP contribution in [0.1, 0.15) is 22.3 Å². The van der Waals surface area contributed by atoms with Crippen LogP contribution in [-0.4, -0.2) is 5.78 Å². The van der Waals surface area contributed by atoms with Crippen LogP contribution in [0.5, 0.6) is 0 Å². The van der Waals surface area contributed by atoms with Gasteiger partial charge in [-0.25, -0.2) is 0 Å². The molecule has 0 aliphatic heterocycles. The van der Waals surface area contributed by atoms with Gasteiger partial charge in [0.1, 0.15) is 0 Å². The molecule has 0 aromatic heterocycles. The van der Waals surface area contributed by atoms with Gasteiger partial charge in [-0.1, -0.05) is 56.1 Å². The standard InChI is InChI=1S/C15H12Br2O/c16-13-7-5-12(6-8-13)15(18)9-4-11-2-1-3-14(17)10-11/h1-3,5-8,10H,4,9H2. The van der Waals surface area contributed by atoms with Crippen LogP contribution in [0, 0.1) is 0 Å². The maximum Gasteiger partial charge on any atom is 0.163 e. The van der Waals surface area contributed by atoms with Crippen LogP contribution in [0.4, 0.5) is 0 Å². The van der Waals surface area contributed by atoms with E-state index >= 15 is 0 Å². The third-order valence-corrected chi connectivity index (χ3v) is 3.72. The van der Waals surface area contributed by atoms with Crippen molar-refractivity contribution in [2.75, 3.05) is 0 Å². The Kier molecular flexibility index (Phi) is 4.72. The molecule has 2 aromatic carbocycles. The Bertz CT molecular complexity index is 547. The van der Waals surface area contributed by atoms with Gasteiger partial charge in [0.05, 0.1) is 0 Å². The summed E-state index contributed by atoms with van der Waals surface area (Å²) in [6, 6.07) is 15.6. The highest BCUT2D eigenvalue weighted by atomic mass is 79.9. The summed E-state index contributed by atoms with van der Waals surface area (Å²) in [4.78, 5) is 12.0. The predicted molar refractivity (Wildman–Crippen MR) is 80.9 cm³/mol. The number of hydrogen-bond donors (Lipinski definition) is 0. The molecule has 0 heterocycles. The fourth-order valence-electron chi connectivity index (χ4n) is 1.73. The van der Waals surface area contributed by atoms with Gasteiger partial charge < -0.3 is 0 Å². The van der Waals surface area contributed by atoms with Crippen molar-refractivity contribution in [3.05, 3.63) is 68.6 Å². The average Bonchev–Trinajstić information content (AvgIpc) is 2.37. The summed E-state index contributed by atoms with van der Waals surface area (Å²) in [5, 5.41) is 0. The van der Waals surface area contributed by atoms with Gasteiger partial charge in [0.15, 0.2) is 5.78 Å². The molecule has 0 radical (unpaired) electrons. The van der Waals surface area contributed by atoms with Gasteiger partial charge in [-0.2, -0.15) is 0 Å². The Morgan fingerprint density at radius 2 is 1.67 bits per heavy atom. The molecular weight excluding hydrogens is 356 g/mol. The number of ketones is 1. The molecule has 0 saturated heterocycles. The van der Waals surface area contributed by atoms with Crippen LogP contribution in [0.2, 0.25) is 0 Å². The molecule has 0 fully saturated rings. The Morgan fingerprint density at radius 1 is 0.944 bits per heavy atom. The van der Waals surface area contributed by atoms with Crippen molar-refractivity contribution in [2.24, 2.45) is 0 Å². The molecule has 0 atom stereocenters. The number of rotatable bonds is 4. The number of carbonyl (C=O) groups is 1. The molecule has 3 heteroatoms. The highest BCUT2D eigenvalue weighted by Crippen LogP contribution is 2.15. The number of benzene rings is 2. The van der Waals surface area contributed by atoms with Crippen molar-refractivity contribution >= 4 is 37.6 Å². The number of hydrogen-bond acceptors (Lipinski definition) is 1. The van der Waals surface area contributed by atoms with E-state index in [0.29, 0.717) is 6.42 Å². The molecule has 0 bridgehead atoms. The first kappa shape index (κ1) is 13.5. The van der Waals surface area contributed by atoms with Crippen LogP contribution < -0.4 is 0 Å². The van der Waals surface area contributed by atoms with Gasteiger partial charge in [-0.3, -0.25) is 4.79 Å². The maximum atomic E-state index is 12.0. The molecule has 0 N–H and O–H groups in total. The fourth-order valence-corrected chi connectivity index (χ4v) is 2.44. The highest BCUT2D eigenvalue weighted by Gasteiger charge is 2.06. The lowest BCUT2D eigenvalue weighted by atomic mass is 10.0. The van der Waals surface area contributed by atoms with Crippen LogP contribution in [-0.2, 0) is 6.42 Å². The summed E-state index contributed by atoms with van der Waals surface area (Å²) in [6.45, 7) is 0. The maximum absolute atomic E-state index is 12.0. The van der Waals surface area contributed by atoms with E-state index in [9.17, 15) is 4.79 Å². The van der Waals surface area contributed by atoms with E-state index < -0.39 is 0 Å². The van der Waals surface area contributed by atoms with Gasteiger partial charge in [-0.05, 0) is 36.2 Å². The van der Waals surface area contributed by atoms with Crippen LogP contribution in [0.3, 0.4) is 0 Å². The highest BCUT2D eigenvalue weighted by molar-refractivity contribution is 9.10. The molecule has 2 rings (SSSR count). The molecule has 0 unspecified atom stereocenters. The van der Waals surface area contributed by atoms with E-state index in [2.05, 4.69) is 37.9 Å².